The second-order valence-corrected chi connectivity index (χ2v) is 6.22. The number of benzene rings is 1. The van der Waals surface area contributed by atoms with Gasteiger partial charge in [0.1, 0.15) is 0 Å². The SMILES string of the molecule is O=c1c(O)c(SN2CCOCC2)ccn1Cc1ccccc1. The first-order valence-electron chi connectivity index (χ1n) is 7.21. The zero-order chi connectivity index (χ0) is 15.4. The molecule has 0 radical (unpaired) electrons. The van der Waals surface area contributed by atoms with Crippen molar-refractivity contribution in [2.75, 3.05) is 26.3 Å². The molecule has 3 rings (SSSR count). The lowest BCUT2D eigenvalue weighted by atomic mass is 10.2. The van der Waals surface area contributed by atoms with Crippen LogP contribution in [0.25, 0.3) is 0 Å². The summed E-state index contributed by atoms with van der Waals surface area (Å²) in [5.74, 6) is -0.185. The predicted molar refractivity (Wildman–Crippen MR) is 86.2 cm³/mol. The molecule has 0 amide bonds. The van der Waals surface area contributed by atoms with Gasteiger partial charge in [-0.15, -0.1) is 0 Å². The molecule has 1 aliphatic rings. The van der Waals surface area contributed by atoms with E-state index < -0.39 is 0 Å². The van der Waals surface area contributed by atoms with E-state index in [9.17, 15) is 9.90 Å². The van der Waals surface area contributed by atoms with Gasteiger partial charge in [0.15, 0.2) is 5.75 Å². The minimum absolute atomic E-state index is 0.185. The Bertz CT molecular complexity index is 682. The van der Waals surface area contributed by atoms with E-state index in [1.807, 2.05) is 30.3 Å². The van der Waals surface area contributed by atoms with Gasteiger partial charge in [0.05, 0.1) is 24.7 Å². The maximum Gasteiger partial charge on any atom is 0.294 e. The van der Waals surface area contributed by atoms with Crippen LogP contribution >= 0.6 is 11.9 Å². The highest BCUT2D eigenvalue weighted by Gasteiger charge is 2.16. The third-order valence-electron chi connectivity index (χ3n) is 3.50. The van der Waals surface area contributed by atoms with Crippen LogP contribution in [0.2, 0.25) is 0 Å². The molecule has 1 fully saturated rings. The van der Waals surface area contributed by atoms with Crippen LogP contribution < -0.4 is 5.56 Å². The molecule has 1 N–H and O–H groups in total. The van der Waals surface area contributed by atoms with E-state index in [4.69, 9.17) is 4.74 Å². The van der Waals surface area contributed by atoms with E-state index >= 15 is 0 Å². The largest absolute Gasteiger partial charge is 0.502 e. The smallest absolute Gasteiger partial charge is 0.294 e. The topological polar surface area (TPSA) is 54.7 Å². The highest BCUT2D eigenvalue weighted by molar-refractivity contribution is 7.97. The minimum atomic E-state index is -0.359. The zero-order valence-electron chi connectivity index (χ0n) is 12.1. The molecule has 0 bridgehead atoms. The molecule has 0 spiro atoms. The molecular weight excluding hydrogens is 300 g/mol. The Morgan fingerprint density at radius 3 is 2.59 bits per heavy atom. The van der Waals surface area contributed by atoms with E-state index in [1.54, 1.807) is 12.3 Å². The molecule has 1 aliphatic heterocycles. The summed E-state index contributed by atoms with van der Waals surface area (Å²) < 4.78 is 8.91. The Morgan fingerprint density at radius 1 is 1.14 bits per heavy atom. The van der Waals surface area contributed by atoms with Crippen LogP contribution in [0.4, 0.5) is 0 Å². The number of hydrogen-bond acceptors (Lipinski definition) is 5. The molecule has 0 atom stereocenters. The molecule has 22 heavy (non-hydrogen) atoms. The molecule has 5 nitrogen and oxygen atoms in total. The average molecular weight is 318 g/mol. The van der Waals surface area contributed by atoms with Crippen molar-refractivity contribution >= 4 is 11.9 Å². The Kier molecular flexibility index (Phi) is 4.82. The number of hydrogen-bond donors (Lipinski definition) is 1. The third-order valence-corrected chi connectivity index (χ3v) is 4.65. The number of rotatable bonds is 4. The van der Waals surface area contributed by atoms with Gasteiger partial charge in [-0.25, -0.2) is 4.31 Å². The lowest BCUT2D eigenvalue weighted by molar-refractivity contribution is 0.0773. The normalized spacial score (nSPS) is 15.8. The first-order valence-corrected chi connectivity index (χ1v) is 7.98. The summed E-state index contributed by atoms with van der Waals surface area (Å²) in [6.45, 7) is 3.39. The highest BCUT2D eigenvalue weighted by atomic mass is 32.2. The maximum atomic E-state index is 12.3. The van der Waals surface area contributed by atoms with Gasteiger partial charge in [-0.2, -0.15) is 0 Å². The summed E-state index contributed by atoms with van der Waals surface area (Å²) in [7, 11) is 0. The average Bonchev–Trinajstić information content (AvgIpc) is 2.56. The van der Waals surface area contributed by atoms with Crippen molar-refractivity contribution in [2.24, 2.45) is 0 Å². The van der Waals surface area contributed by atoms with E-state index in [2.05, 4.69) is 4.31 Å². The van der Waals surface area contributed by atoms with Gasteiger partial charge in [0.2, 0.25) is 0 Å². The maximum absolute atomic E-state index is 12.3. The van der Waals surface area contributed by atoms with Crippen LogP contribution in [0.1, 0.15) is 5.56 Å². The summed E-state index contributed by atoms with van der Waals surface area (Å²) in [5, 5.41) is 10.2. The number of pyridine rings is 1. The molecule has 0 saturated carbocycles. The molecule has 1 aromatic heterocycles. The molecule has 116 valence electrons. The molecule has 1 aromatic carbocycles. The Hall–Kier alpha value is -1.76. The van der Waals surface area contributed by atoms with E-state index in [1.165, 1.54) is 16.5 Å². The monoisotopic (exact) mass is 318 g/mol. The fourth-order valence-electron chi connectivity index (χ4n) is 2.30. The molecular formula is C16H18N2O3S. The summed E-state index contributed by atoms with van der Waals surface area (Å²) in [5.41, 5.74) is 0.666. The summed E-state index contributed by atoms with van der Waals surface area (Å²) in [6.07, 6.45) is 1.73. The van der Waals surface area contributed by atoms with Crippen molar-refractivity contribution in [2.45, 2.75) is 11.4 Å². The van der Waals surface area contributed by atoms with Gasteiger partial charge in [-0.1, -0.05) is 30.3 Å². The second kappa shape index (κ2) is 7.00. The van der Waals surface area contributed by atoms with Crippen molar-refractivity contribution in [3.8, 4) is 5.75 Å². The van der Waals surface area contributed by atoms with Gasteiger partial charge in [0.25, 0.3) is 5.56 Å². The molecule has 0 aliphatic carbocycles. The van der Waals surface area contributed by atoms with Crippen LogP contribution in [0.3, 0.4) is 0 Å². The van der Waals surface area contributed by atoms with Gasteiger partial charge >= 0.3 is 0 Å². The zero-order valence-corrected chi connectivity index (χ0v) is 13.0. The quantitative estimate of drug-likeness (QED) is 0.873. The molecule has 6 heteroatoms. The lowest BCUT2D eigenvalue weighted by Gasteiger charge is -2.25. The van der Waals surface area contributed by atoms with Crippen molar-refractivity contribution in [1.29, 1.82) is 0 Å². The van der Waals surface area contributed by atoms with Crippen LogP contribution in [0.15, 0.2) is 52.3 Å². The standard InChI is InChI=1S/C16H18N2O3S/c19-15-14(22-18-8-10-21-11-9-18)6-7-17(16(15)20)12-13-4-2-1-3-5-13/h1-7,19H,8-12H2. The van der Waals surface area contributed by atoms with Crippen LogP contribution in [0, 0.1) is 0 Å². The summed E-state index contributed by atoms with van der Waals surface area (Å²) in [4.78, 5) is 12.9. The van der Waals surface area contributed by atoms with Crippen molar-refractivity contribution < 1.29 is 9.84 Å². The van der Waals surface area contributed by atoms with E-state index in [0.717, 1.165) is 18.7 Å². The van der Waals surface area contributed by atoms with E-state index in [0.29, 0.717) is 24.7 Å². The fraction of sp³-hybridized carbons (Fsp3) is 0.312. The van der Waals surface area contributed by atoms with Gasteiger partial charge in [-0.05, 0) is 23.6 Å². The van der Waals surface area contributed by atoms with Gasteiger partial charge in [0, 0.05) is 19.3 Å². The number of nitrogens with zero attached hydrogens (tertiary/aromatic N) is 2. The van der Waals surface area contributed by atoms with Crippen LogP contribution in [-0.4, -0.2) is 40.3 Å². The minimum Gasteiger partial charge on any atom is -0.502 e. The van der Waals surface area contributed by atoms with Crippen LogP contribution in [0.5, 0.6) is 5.75 Å². The number of ether oxygens (including phenoxy) is 1. The lowest BCUT2D eigenvalue weighted by Crippen LogP contribution is -2.31. The van der Waals surface area contributed by atoms with Gasteiger partial charge in [-0.3, -0.25) is 4.79 Å². The molecule has 2 aromatic rings. The third kappa shape index (κ3) is 3.52. The van der Waals surface area contributed by atoms with Gasteiger partial charge < -0.3 is 14.4 Å². The summed E-state index contributed by atoms with van der Waals surface area (Å²) in [6, 6.07) is 11.5. The Balaban J connectivity index is 1.77. The first kappa shape index (κ1) is 15.1. The number of morpholine rings is 1. The number of aromatic nitrogens is 1. The molecule has 0 unspecified atom stereocenters. The fourth-order valence-corrected chi connectivity index (χ4v) is 3.21. The number of aromatic hydroxyl groups is 1. The van der Waals surface area contributed by atoms with Crippen molar-refractivity contribution in [1.82, 2.24) is 8.87 Å². The van der Waals surface area contributed by atoms with Crippen molar-refractivity contribution in [3.05, 3.63) is 58.5 Å². The van der Waals surface area contributed by atoms with Crippen LogP contribution in [-0.2, 0) is 11.3 Å². The Morgan fingerprint density at radius 2 is 1.86 bits per heavy atom. The summed E-state index contributed by atoms with van der Waals surface area (Å²) >= 11 is 1.41. The second-order valence-electron chi connectivity index (χ2n) is 5.08. The Labute approximate surface area is 133 Å². The van der Waals surface area contributed by atoms with Crippen molar-refractivity contribution in [3.63, 3.8) is 0 Å². The molecule has 2 heterocycles. The molecule has 1 saturated heterocycles. The first-order chi connectivity index (χ1) is 10.7. The van der Waals surface area contributed by atoms with E-state index in [-0.39, 0.29) is 11.3 Å². The highest BCUT2D eigenvalue weighted by Crippen LogP contribution is 2.28. The predicted octanol–water partition coefficient (Wildman–Crippen LogP) is 1.94.